The van der Waals surface area contributed by atoms with E-state index in [9.17, 15) is 9.59 Å². The molecule has 4 unspecified atom stereocenters. The topological polar surface area (TPSA) is 261 Å². The summed E-state index contributed by atoms with van der Waals surface area (Å²) < 4.78 is 31.6. The number of nitrogens with two attached hydrogens (primary N) is 4. The van der Waals surface area contributed by atoms with Crippen LogP contribution in [0.5, 0.6) is 0 Å². The van der Waals surface area contributed by atoms with Gasteiger partial charge in [-0.05, 0) is 0 Å². The van der Waals surface area contributed by atoms with Gasteiger partial charge in [0, 0.05) is 13.1 Å². The Morgan fingerprint density at radius 2 is 1.13 bits per heavy atom. The average Bonchev–Trinajstić information content (AvgIpc) is 2.96. The van der Waals surface area contributed by atoms with Crippen LogP contribution in [0.25, 0.3) is 0 Å². The summed E-state index contributed by atoms with van der Waals surface area (Å²) in [6, 6.07) is 0. The molecule has 0 aromatic carbocycles. The predicted octanol–water partition coefficient (Wildman–Crippen LogP) is -5.69. The first-order chi connectivity index (χ1) is 10.4. The Morgan fingerprint density at radius 1 is 0.870 bits per heavy atom. The molecular formula is C8H22N8O6S. The first-order valence-electron chi connectivity index (χ1n) is 6.20. The van der Waals surface area contributed by atoms with Gasteiger partial charge in [0.1, 0.15) is 0 Å². The molecule has 4 atom stereocenters. The zero-order chi connectivity index (χ0) is 18.2. The molecule has 2 fully saturated rings. The van der Waals surface area contributed by atoms with E-state index in [-0.39, 0.29) is 36.0 Å². The second kappa shape index (κ2) is 9.65. The second-order valence-corrected chi connectivity index (χ2v) is 5.46. The summed E-state index contributed by atoms with van der Waals surface area (Å²) in [6.07, 6.45) is -0.662. The van der Waals surface area contributed by atoms with Crippen LogP contribution in [0.4, 0.5) is 0 Å². The fourth-order valence-corrected chi connectivity index (χ4v) is 1.58. The Labute approximate surface area is 132 Å². The fraction of sp³-hybridized carbons (Fsp3) is 0.750. The van der Waals surface area contributed by atoms with Crippen molar-refractivity contribution in [3.63, 3.8) is 0 Å². The van der Waals surface area contributed by atoms with Crippen molar-refractivity contribution in [1.29, 1.82) is 0 Å². The normalized spacial score (nSPS) is 29.7. The molecule has 2 aliphatic heterocycles. The zero-order valence-corrected chi connectivity index (χ0v) is 12.8. The third-order valence-electron chi connectivity index (χ3n) is 2.78. The number of carbonyl (C=O) groups is 2. The summed E-state index contributed by atoms with van der Waals surface area (Å²) in [4.78, 5) is 20.9. The lowest BCUT2D eigenvalue weighted by Crippen LogP contribution is -2.43. The van der Waals surface area contributed by atoms with Gasteiger partial charge in [0.15, 0.2) is 0 Å². The van der Waals surface area contributed by atoms with Crippen molar-refractivity contribution in [2.24, 2.45) is 34.8 Å². The van der Waals surface area contributed by atoms with Gasteiger partial charge in [-0.15, -0.1) is 0 Å². The third-order valence-corrected chi connectivity index (χ3v) is 2.78. The van der Waals surface area contributed by atoms with E-state index in [2.05, 4.69) is 21.7 Å². The summed E-state index contributed by atoms with van der Waals surface area (Å²) in [7, 11) is -4.67. The maximum atomic E-state index is 10.5. The molecule has 2 heterocycles. The van der Waals surface area contributed by atoms with Crippen LogP contribution in [-0.2, 0) is 20.0 Å². The van der Waals surface area contributed by atoms with Crippen molar-refractivity contribution >= 4 is 22.2 Å². The largest absolute Gasteiger partial charge is 0.394 e. The molecule has 0 spiro atoms. The molecule has 0 aromatic heterocycles. The van der Waals surface area contributed by atoms with Gasteiger partial charge in [-0.2, -0.15) is 8.42 Å². The number of carbonyl (C=O) groups excluding carboxylic acids is 2. The second-order valence-electron chi connectivity index (χ2n) is 4.57. The summed E-state index contributed by atoms with van der Waals surface area (Å²) >= 11 is 0. The molecule has 0 bridgehead atoms. The van der Waals surface area contributed by atoms with E-state index in [1.54, 1.807) is 0 Å². The van der Waals surface area contributed by atoms with Crippen LogP contribution in [0.15, 0.2) is 0 Å². The smallest absolute Gasteiger partial charge is 0.369 e. The molecule has 0 radical (unpaired) electrons. The van der Waals surface area contributed by atoms with Crippen molar-refractivity contribution < 1.29 is 27.1 Å². The quantitative estimate of drug-likeness (QED) is 0.207. The van der Waals surface area contributed by atoms with E-state index in [1.807, 2.05) is 0 Å². The van der Waals surface area contributed by atoms with Crippen molar-refractivity contribution in [1.82, 2.24) is 21.7 Å². The number of hydrogen-bond acceptors (Lipinski definition) is 10. The Hall–Kier alpha value is -1.43. The summed E-state index contributed by atoms with van der Waals surface area (Å²) in [5.41, 5.74) is 31.6. The van der Waals surface area contributed by atoms with Crippen LogP contribution in [0.2, 0.25) is 0 Å². The highest BCUT2D eigenvalue weighted by atomic mass is 32.3. The molecule has 15 heteroatoms. The minimum Gasteiger partial charge on any atom is -0.369 e. The molecule has 2 rings (SSSR count). The molecular weight excluding hydrogens is 336 g/mol. The van der Waals surface area contributed by atoms with Gasteiger partial charge < -0.3 is 22.9 Å². The number of nitrogens with one attached hydrogen (secondary N) is 4. The van der Waals surface area contributed by atoms with Crippen molar-refractivity contribution in [2.75, 3.05) is 13.1 Å². The number of hydrogen-bond donors (Lipinski definition) is 10. The Morgan fingerprint density at radius 3 is 1.22 bits per heavy atom. The lowest BCUT2D eigenvalue weighted by Gasteiger charge is -2.07. The van der Waals surface area contributed by atoms with Gasteiger partial charge in [0.2, 0.25) is 11.8 Å². The van der Waals surface area contributed by atoms with E-state index in [0.29, 0.717) is 13.1 Å². The standard InChI is InChI=1S/2C4H10N4O.H2O4S/c2*5-3-2(4(6)9)1-7-8-3;1-5(2,3)4/h2*2-3,7-8H,1,5H2,(H2,6,9);(H2,1,2,3,4). The Bertz CT molecular complexity index is 463. The summed E-state index contributed by atoms with van der Waals surface area (Å²) in [5.74, 6) is -1.27. The van der Waals surface area contributed by atoms with Gasteiger partial charge in [-0.3, -0.25) is 29.5 Å². The zero-order valence-electron chi connectivity index (χ0n) is 12.0. The van der Waals surface area contributed by atoms with Crippen LogP contribution in [0.3, 0.4) is 0 Å². The molecule has 23 heavy (non-hydrogen) atoms. The molecule has 2 saturated heterocycles. The van der Waals surface area contributed by atoms with E-state index in [4.69, 9.17) is 40.5 Å². The van der Waals surface area contributed by atoms with Gasteiger partial charge in [-0.25, -0.2) is 10.9 Å². The molecule has 14 nitrogen and oxygen atoms in total. The van der Waals surface area contributed by atoms with Gasteiger partial charge in [0.05, 0.1) is 24.2 Å². The molecule has 136 valence electrons. The maximum absolute atomic E-state index is 10.5. The molecule has 0 saturated carbocycles. The Kier molecular flexibility index (Phi) is 9.05. The van der Waals surface area contributed by atoms with Crippen molar-refractivity contribution in [3.05, 3.63) is 0 Å². The fourth-order valence-electron chi connectivity index (χ4n) is 1.58. The Balaban J connectivity index is 0.000000332. The first kappa shape index (κ1) is 21.6. The molecule has 2 aliphatic rings. The number of primary amides is 2. The van der Waals surface area contributed by atoms with Crippen LogP contribution in [-0.4, -0.2) is 54.8 Å². The monoisotopic (exact) mass is 358 g/mol. The maximum Gasteiger partial charge on any atom is 0.394 e. The number of hydrazine groups is 2. The van der Waals surface area contributed by atoms with Crippen molar-refractivity contribution in [3.8, 4) is 0 Å². The highest BCUT2D eigenvalue weighted by Gasteiger charge is 2.28. The van der Waals surface area contributed by atoms with Crippen molar-refractivity contribution in [2.45, 2.75) is 12.3 Å². The lowest BCUT2D eigenvalue weighted by atomic mass is 10.1. The van der Waals surface area contributed by atoms with E-state index >= 15 is 0 Å². The highest BCUT2D eigenvalue weighted by Crippen LogP contribution is 2.00. The molecule has 0 aromatic rings. The molecule has 14 N–H and O–H groups in total. The van der Waals surface area contributed by atoms with E-state index in [0.717, 1.165) is 0 Å². The summed E-state index contributed by atoms with van der Waals surface area (Å²) in [5, 5.41) is 0. The third kappa shape index (κ3) is 10.0. The predicted molar refractivity (Wildman–Crippen MR) is 77.8 cm³/mol. The first-order valence-corrected chi connectivity index (χ1v) is 7.59. The van der Waals surface area contributed by atoms with E-state index < -0.39 is 10.4 Å². The van der Waals surface area contributed by atoms with Crippen LogP contribution in [0, 0.1) is 11.8 Å². The lowest BCUT2D eigenvalue weighted by molar-refractivity contribution is -0.122. The highest BCUT2D eigenvalue weighted by molar-refractivity contribution is 7.79. The van der Waals surface area contributed by atoms with Crippen LogP contribution < -0.4 is 44.6 Å². The molecule has 2 amide bonds. The number of rotatable bonds is 2. The van der Waals surface area contributed by atoms with E-state index in [1.165, 1.54) is 0 Å². The summed E-state index contributed by atoms with van der Waals surface area (Å²) in [6.45, 7) is 1.05. The molecule has 0 aliphatic carbocycles. The number of amides is 2. The van der Waals surface area contributed by atoms with Gasteiger partial charge in [-0.1, -0.05) is 0 Å². The minimum absolute atomic E-state index is 0.273. The SMILES string of the molecule is NC(=O)C1CNNC1N.NC(=O)C1CNNC1N.O=S(=O)(O)O. The van der Waals surface area contributed by atoms with Gasteiger partial charge >= 0.3 is 10.4 Å². The van der Waals surface area contributed by atoms with Crippen LogP contribution >= 0.6 is 0 Å². The van der Waals surface area contributed by atoms with Gasteiger partial charge in [0.25, 0.3) is 0 Å². The average molecular weight is 358 g/mol. The van der Waals surface area contributed by atoms with Crippen LogP contribution in [0.1, 0.15) is 0 Å². The minimum atomic E-state index is -4.67.